The van der Waals surface area contributed by atoms with E-state index < -0.39 is 0 Å². The van der Waals surface area contributed by atoms with E-state index in [1.165, 1.54) is 0 Å². The van der Waals surface area contributed by atoms with Crippen molar-refractivity contribution in [2.75, 3.05) is 37.3 Å². The van der Waals surface area contributed by atoms with Crippen LogP contribution in [0.25, 0.3) is 0 Å². The zero-order valence-electron chi connectivity index (χ0n) is 13.6. The Balaban J connectivity index is 1.69. The Morgan fingerprint density at radius 2 is 1.60 bits per heavy atom. The van der Waals surface area contributed by atoms with Crippen molar-refractivity contribution in [3.63, 3.8) is 0 Å². The Bertz CT molecular complexity index is 792. The van der Waals surface area contributed by atoms with E-state index in [-0.39, 0.29) is 5.91 Å². The Morgan fingerprint density at radius 3 is 2.24 bits per heavy atom. The topological polar surface area (TPSA) is 23.6 Å². The van der Waals surface area contributed by atoms with Gasteiger partial charge in [-0.1, -0.05) is 34.8 Å². The molecular formula is C18H17Cl3N2OS. The maximum atomic E-state index is 12.8. The third-order valence-electron chi connectivity index (χ3n) is 4.24. The summed E-state index contributed by atoms with van der Waals surface area (Å²) in [6.45, 7) is 2.75. The summed E-state index contributed by atoms with van der Waals surface area (Å²) < 4.78 is 0. The van der Waals surface area contributed by atoms with Crippen LogP contribution in [0.3, 0.4) is 0 Å². The van der Waals surface area contributed by atoms with Gasteiger partial charge >= 0.3 is 0 Å². The normalized spacial score (nSPS) is 14.7. The maximum absolute atomic E-state index is 12.8. The molecule has 1 fully saturated rings. The van der Waals surface area contributed by atoms with Crippen LogP contribution in [-0.4, -0.2) is 43.2 Å². The summed E-state index contributed by atoms with van der Waals surface area (Å²) in [6.07, 6.45) is 1.98. The first-order valence-electron chi connectivity index (χ1n) is 7.82. The maximum Gasteiger partial charge on any atom is 0.255 e. The van der Waals surface area contributed by atoms with Crippen molar-refractivity contribution in [1.82, 2.24) is 4.90 Å². The molecule has 1 amide bonds. The highest BCUT2D eigenvalue weighted by Gasteiger charge is 2.24. The van der Waals surface area contributed by atoms with E-state index in [1.54, 1.807) is 23.9 Å². The van der Waals surface area contributed by atoms with Crippen molar-refractivity contribution < 1.29 is 4.79 Å². The largest absolute Gasteiger partial charge is 0.368 e. The third kappa shape index (κ3) is 4.20. The molecule has 2 aromatic carbocycles. The number of benzene rings is 2. The molecule has 0 atom stereocenters. The average Bonchev–Trinajstić information content (AvgIpc) is 2.64. The number of anilines is 1. The molecule has 3 nitrogen and oxygen atoms in total. The van der Waals surface area contributed by atoms with Crippen molar-refractivity contribution in [2.24, 2.45) is 0 Å². The number of halogens is 3. The van der Waals surface area contributed by atoms with Crippen LogP contribution in [0.5, 0.6) is 0 Å². The second-order valence-corrected chi connectivity index (χ2v) is 7.82. The molecule has 2 aromatic rings. The van der Waals surface area contributed by atoms with Gasteiger partial charge in [0.15, 0.2) is 0 Å². The Hall–Kier alpha value is -1.07. The molecule has 0 spiro atoms. The molecule has 7 heteroatoms. The van der Waals surface area contributed by atoms with Crippen molar-refractivity contribution in [2.45, 2.75) is 4.90 Å². The molecule has 1 aliphatic rings. The first-order valence-corrected chi connectivity index (χ1v) is 10.2. The third-order valence-corrected chi connectivity index (χ3v) is 6.03. The molecule has 0 unspecified atom stereocenters. The van der Waals surface area contributed by atoms with E-state index in [9.17, 15) is 4.79 Å². The minimum Gasteiger partial charge on any atom is -0.368 e. The molecule has 0 N–H and O–H groups in total. The molecule has 132 valence electrons. The van der Waals surface area contributed by atoms with Crippen LogP contribution < -0.4 is 4.90 Å². The minimum atomic E-state index is -0.0188. The fraction of sp³-hybridized carbons (Fsp3) is 0.278. The highest BCUT2D eigenvalue weighted by atomic mass is 35.5. The quantitative estimate of drug-likeness (QED) is 0.633. The first kappa shape index (κ1) is 18.7. The highest BCUT2D eigenvalue weighted by molar-refractivity contribution is 7.98. The van der Waals surface area contributed by atoms with Gasteiger partial charge in [0.25, 0.3) is 5.91 Å². The van der Waals surface area contributed by atoms with Gasteiger partial charge in [-0.05, 0) is 42.7 Å². The van der Waals surface area contributed by atoms with Crippen LogP contribution >= 0.6 is 46.6 Å². The number of rotatable bonds is 3. The number of hydrogen-bond donors (Lipinski definition) is 0. The van der Waals surface area contributed by atoms with Crippen molar-refractivity contribution >= 4 is 58.2 Å². The lowest BCUT2D eigenvalue weighted by atomic mass is 10.1. The van der Waals surface area contributed by atoms with E-state index in [4.69, 9.17) is 34.8 Å². The zero-order valence-corrected chi connectivity index (χ0v) is 16.7. The number of hydrogen-bond acceptors (Lipinski definition) is 3. The summed E-state index contributed by atoms with van der Waals surface area (Å²) in [6, 6.07) is 11.2. The number of piperazine rings is 1. The molecule has 25 heavy (non-hydrogen) atoms. The van der Waals surface area contributed by atoms with Crippen molar-refractivity contribution in [1.29, 1.82) is 0 Å². The standard InChI is InChI=1S/C18H17Cl3N2OS/c1-25-13-3-5-15(19)14(11-13)18(24)23-8-6-22(7-9-23)12-2-4-16(20)17(21)10-12/h2-5,10-11H,6-9H2,1H3. The highest BCUT2D eigenvalue weighted by Crippen LogP contribution is 2.28. The number of carbonyl (C=O) groups is 1. The van der Waals surface area contributed by atoms with Gasteiger partial charge in [-0.15, -0.1) is 11.8 Å². The lowest BCUT2D eigenvalue weighted by molar-refractivity contribution is 0.0746. The number of amides is 1. The van der Waals surface area contributed by atoms with Gasteiger partial charge in [0.1, 0.15) is 0 Å². The molecule has 1 heterocycles. The summed E-state index contributed by atoms with van der Waals surface area (Å²) in [5, 5.41) is 1.58. The predicted octanol–water partition coefficient (Wildman–Crippen LogP) is 5.33. The fourth-order valence-electron chi connectivity index (χ4n) is 2.82. The molecule has 0 saturated carbocycles. The monoisotopic (exact) mass is 414 g/mol. The van der Waals surface area contributed by atoms with Crippen LogP contribution in [0.15, 0.2) is 41.3 Å². The van der Waals surface area contributed by atoms with E-state index in [0.717, 1.165) is 23.7 Å². The van der Waals surface area contributed by atoms with Gasteiger partial charge in [0, 0.05) is 36.8 Å². The van der Waals surface area contributed by atoms with Gasteiger partial charge in [-0.3, -0.25) is 4.79 Å². The lowest BCUT2D eigenvalue weighted by Gasteiger charge is -2.36. The smallest absolute Gasteiger partial charge is 0.255 e. The van der Waals surface area contributed by atoms with Crippen LogP contribution in [0, 0.1) is 0 Å². The van der Waals surface area contributed by atoms with E-state index in [0.29, 0.717) is 33.7 Å². The molecular weight excluding hydrogens is 399 g/mol. The molecule has 0 bridgehead atoms. The van der Waals surface area contributed by atoms with Gasteiger partial charge in [0.2, 0.25) is 0 Å². The number of nitrogens with zero attached hydrogens (tertiary/aromatic N) is 2. The Kier molecular flexibility index (Phi) is 6.05. The van der Waals surface area contributed by atoms with Crippen molar-refractivity contribution in [3.05, 3.63) is 57.0 Å². The van der Waals surface area contributed by atoms with E-state index in [1.807, 2.05) is 35.4 Å². The second-order valence-electron chi connectivity index (χ2n) is 5.72. The van der Waals surface area contributed by atoms with E-state index in [2.05, 4.69) is 4.90 Å². The summed E-state index contributed by atoms with van der Waals surface area (Å²) in [5.74, 6) is -0.0188. The zero-order chi connectivity index (χ0) is 18.0. The molecule has 0 aliphatic carbocycles. The van der Waals surface area contributed by atoms with Gasteiger partial charge in [-0.2, -0.15) is 0 Å². The molecule has 3 rings (SSSR count). The van der Waals surface area contributed by atoms with Crippen LogP contribution in [-0.2, 0) is 0 Å². The molecule has 0 radical (unpaired) electrons. The van der Waals surface area contributed by atoms with Crippen molar-refractivity contribution in [3.8, 4) is 0 Å². The van der Waals surface area contributed by atoms with E-state index >= 15 is 0 Å². The SMILES string of the molecule is CSc1ccc(Cl)c(C(=O)N2CCN(c3ccc(Cl)c(Cl)c3)CC2)c1. The summed E-state index contributed by atoms with van der Waals surface area (Å²) in [4.78, 5) is 17.9. The van der Waals surface area contributed by atoms with Crippen LogP contribution in [0.4, 0.5) is 5.69 Å². The lowest BCUT2D eigenvalue weighted by Crippen LogP contribution is -2.48. The molecule has 1 aliphatic heterocycles. The second kappa shape index (κ2) is 8.09. The molecule has 0 aromatic heterocycles. The van der Waals surface area contributed by atoms with Gasteiger partial charge in [-0.25, -0.2) is 0 Å². The predicted molar refractivity (Wildman–Crippen MR) is 108 cm³/mol. The fourth-order valence-corrected chi connectivity index (χ4v) is 3.75. The van der Waals surface area contributed by atoms with Crippen LogP contribution in [0.2, 0.25) is 15.1 Å². The first-order chi connectivity index (χ1) is 12.0. The Morgan fingerprint density at radius 1 is 0.920 bits per heavy atom. The van der Waals surface area contributed by atoms with Gasteiger partial charge < -0.3 is 9.80 Å². The average molecular weight is 416 g/mol. The van der Waals surface area contributed by atoms with Crippen LogP contribution in [0.1, 0.15) is 10.4 Å². The van der Waals surface area contributed by atoms with Gasteiger partial charge in [0.05, 0.1) is 20.6 Å². The number of thioether (sulfide) groups is 1. The summed E-state index contributed by atoms with van der Waals surface area (Å²) in [5.41, 5.74) is 1.58. The summed E-state index contributed by atoms with van der Waals surface area (Å²) in [7, 11) is 0. The Labute approximate surface area is 166 Å². The summed E-state index contributed by atoms with van der Waals surface area (Å²) >= 11 is 19.9. The molecule has 1 saturated heterocycles. The number of carbonyl (C=O) groups excluding carboxylic acids is 1. The minimum absolute atomic E-state index is 0.0188.